The Balaban J connectivity index is 1.37. The fourth-order valence-electron chi connectivity index (χ4n) is 3.35. The number of hydrogen-bond donors (Lipinski definition) is 2. The molecule has 2 aliphatic heterocycles. The van der Waals surface area contributed by atoms with Crippen LogP contribution in [0.2, 0.25) is 0 Å². The number of rotatable bonds is 16. The molecule has 3 rings (SSSR count). The summed E-state index contributed by atoms with van der Waals surface area (Å²) in [5, 5.41) is 20.4. The van der Waals surface area contributed by atoms with E-state index in [1.54, 1.807) is 43.8 Å². The van der Waals surface area contributed by atoms with Gasteiger partial charge in [-0.05, 0) is 55.9 Å². The molecule has 1 aromatic carbocycles. The fourth-order valence-corrected chi connectivity index (χ4v) is 11.5. The number of benzene rings is 1. The van der Waals surface area contributed by atoms with Crippen LogP contribution < -0.4 is 0 Å². The molecule has 0 amide bonds. The van der Waals surface area contributed by atoms with Crippen LogP contribution in [0.15, 0.2) is 24.3 Å². The first-order valence-corrected chi connectivity index (χ1v) is 18.4. The largest absolute Gasteiger partial charge is 0.455 e. The van der Waals surface area contributed by atoms with Crippen molar-refractivity contribution in [3.63, 3.8) is 0 Å². The Bertz CT molecular complexity index is 775. The van der Waals surface area contributed by atoms with Gasteiger partial charge in [-0.2, -0.15) is 0 Å². The number of thioether (sulfide) groups is 6. The van der Waals surface area contributed by atoms with E-state index in [2.05, 4.69) is 0 Å². The van der Waals surface area contributed by atoms with Crippen LogP contribution in [0.1, 0.15) is 42.6 Å². The third-order valence-electron chi connectivity index (χ3n) is 5.30. The highest BCUT2D eigenvalue weighted by molar-refractivity contribution is 8.20. The summed E-state index contributed by atoms with van der Waals surface area (Å²) < 4.78 is 6.75. The molecule has 204 valence electrons. The Labute approximate surface area is 240 Å². The van der Waals surface area contributed by atoms with Gasteiger partial charge in [0.2, 0.25) is 0 Å². The zero-order chi connectivity index (χ0) is 25.8. The van der Waals surface area contributed by atoms with Gasteiger partial charge in [0.05, 0.1) is 20.8 Å². The molecule has 4 atom stereocenters. The summed E-state index contributed by atoms with van der Waals surface area (Å²) in [6.45, 7) is 3.55. The summed E-state index contributed by atoms with van der Waals surface area (Å²) in [5.74, 6) is 6.08. The van der Waals surface area contributed by atoms with E-state index in [0.717, 1.165) is 29.9 Å². The number of ether oxygens (including phenoxy) is 1. The van der Waals surface area contributed by atoms with Crippen molar-refractivity contribution in [2.45, 2.75) is 65.5 Å². The van der Waals surface area contributed by atoms with Gasteiger partial charge >= 0.3 is 5.97 Å². The maximum Gasteiger partial charge on any atom is 0.338 e. The van der Waals surface area contributed by atoms with Gasteiger partial charge in [0, 0.05) is 23.0 Å². The van der Waals surface area contributed by atoms with Gasteiger partial charge in [0.25, 0.3) is 0 Å². The first-order valence-electron chi connectivity index (χ1n) is 12.1. The molecule has 2 fully saturated rings. The lowest BCUT2D eigenvalue weighted by molar-refractivity contribution is -0.323. The van der Waals surface area contributed by atoms with Crippen LogP contribution in [0.4, 0.5) is 0 Å². The van der Waals surface area contributed by atoms with Gasteiger partial charge in [-0.1, -0.05) is 12.1 Å². The van der Waals surface area contributed by atoms with Gasteiger partial charge in [0.1, 0.15) is 18.1 Å². The Morgan fingerprint density at radius 2 is 1.61 bits per heavy atom. The van der Waals surface area contributed by atoms with Crippen molar-refractivity contribution < 1.29 is 29.5 Å². The van der Waals surface area contributed by atoms with E-state index in [0.29, 0.717) is 14.7 Å². The molecule has 0 spiro atoms. The lowest BCUT2D eigenvalue weighted by Crippen LogP contribution is -2.26. The average Bonchev–Trinajstić information content (AvgIpc) is 3.57. The molecule has 0 saturated carbocycles. The molecule has 0 radical (unpaired) electrons. The van der Waals surface area contributed by atoms with Crippen molar-refractivity contribution >= 4 is 76.5 Å². The minimum absolute atomic E-state index is 0.143. The Hall–Kier alpha value is 0.630. The van der Waals surface area contributed by atoms with E-state index in [1.165, 1.54) is 34.8 Å². The van der Waals surface area contributed by atoms with E-state index in [1.807, 2.05) is 53.1 Å². The number of carbonyl (C=O) groups is 1. The predicted molar refractivity (Wildman–Crippen MR) is 160 cm³/mol. The molecule has 1 aromatic rings. The summed E-state index contributed by atoms with van der Waals surface area (Å²) in [7, 11) is 0. The summed E-state index contributed by atoms with van der Waals surface area (Å²) in [6.07, 6.45) is 0.830. The Morgan fingerprint density at radius 1 is 1.00 bits per heavy atom. The quantitative estimate of drug-likeness (QED) is 0.106. The number of carbonyl (C=O) groups excluding carboxylic acids is 1. The third kappa shape index (κ3) is 11.4. The maximum atomic E-state index is 12.6. The molecule has 0 aromatic heterocycles. The van der Waals surface area contributed by atoms with Crippen molar-refractivity contribution in [3.8, 4) is 0 Å². The highest BCUT2D eigenvalue weighted by Gasteiger charge is 2.23. The van der Waals surface area contributed by atoms with Crippen molar-refractivity contribution in [1.82, 2.24) is 0 Å². The lowest BCUT2D eigenvalue weighted by Gasteiger charge is -2.20. The second-order valence-corrected chi connectivity index (χ2v) is 16.6. The third-order valence-corrected chi connectivity index (χ3v) is 14.1. The standard InChI is InChI=1S/C24H36O6S6/c1-16(25)24(36-9-7-21-33-12-13-34-21)30-28-15-18-4-3-5-19(14-18)22(26)29-17(2)23(27)35-8-6-20-31-10-11-32-20/h3-5,14,16-17,20-21,23-25,27H,6-13,15H2,1-2H3. The molecule has 2 saturated heterocycles. The predicted octanol–water partition coefficient (Wildman–Crippen LogP) is 5.56. The van der Waals surface area contributed by atoms with Crippen molar-refractivity contribution in [2.24, 2.45) is 0 Å². The molecule has 6 nitrogen and oxygen atoms in total. The summed E-state index contributed by atoms with van der Waals surface area (Å²) in [6, 6.07) is 6.98. The van der Waals surface area contributed by atoms with E-state index >= 15 is 0 Å². The average molecular weight is 613 g/mol. The molecule has 12 heteroatoms. The summed E-state index contributed by atoms with van der Waals surface area (Å²) in [5.41, 5.74) is -0.0788. The van der Waals surface area contributed by atoms with Crippen LogP contribution in [0.3, 0.4) is 0 Å². The van der Waals surface area contributed by atoms with E-state index in [9.17, 15) is 15.0 Å². The van der Waals surface area contributed by atoms with E-state index < -0.39 is 29.0 Å². The van der Waals surface area contributed by atoms with Crippen molar-refractivity contribution in [3.05, 3.63) is 35.4 Å². The molecule has 0 aliphatic carbocycles. The maximum absolute atomic E-state index is 12.6. The molecular weight excluding hydrogens is 577 g/mol. The Kier molecular flexibility index (Phi) is 15.0. The first kappa shape index (κ1) is 31.2. The molecule has 36 heavy (non-hydrogen) atoms. The molecule has 2 N–H and O–H groups in total. The lowest BCUT2D eigenvalue weighted by atomic mass is 10.1. The zero-order valence-corrected chi connectivity index (χ0v) is 25.5. The Morgan fingerprint density at radius 3 is 2.22 bits per heavy atom. The van der Waals surface area contributed by atoms with Crippen molar-refractivity contribution in [1.29, 1.82) is 0 Å². The second kappa shape index (κ2) is 17.3. The molecule has 2 heterocycles. The van der Waals surface area contributed by atoms with Crippen molar-refractivity contribution in [2.75, 3.05) is 34.5 Å². The van der Waals surface area contributed by atoms with Crippen LogP contribution in [-0.4, -0.2) is 82.9 Å². The molecular formula is C24H36O6S6. The topological polar surface area (TPSA) is 85.2 Å². The highest BCUT2D eigenvalue weighted by atomic mass is 32.2. The second-order valence-electron chi connectivity index (χ2n) is 8.33. The number of aliphatic hydroxyl groups excluding tert-OH is 2. The molecule has 4 unspecified atom stereocenters. The number of esters is 1. The first-order chi connectivity index (χ1) is 17.4. The summed E-state index contributed by atoms with van der Waals surface area (Å²) in [4.78, 5) is 23.5. The number of aliphatic hydroxyl groups is 2. The van der Waals surface area contributed by atoms with Crippen LogP contribution in [0.25, 0.3) is 0 Å². The zero-order valence-electron chi connectivity index (χ0n) is 20.6. The normalized spacial score (nSPS) is 20.3. The van der Waals surface area contributed by atoms with E-state index in [-0.39, 0.29) is 6.61 Å². The van der Waals surface area contributed by atoms with Gasteiger partial charge < -0.3 is 14.9 Å². The van der Waals surface area contributed by atoms with Gasteiger partial charge in [-0.3, -0.25) is 0 Å². The van der Waals surface area contributed by atoms with Gasteiger partial charge in [-0.25, -0.2) is 14.6 Å². The van der Waals surface area contributed by atoms with E-state index in [4.69, 9.17) is 14.5 Å². The van der Waals surface area contributed by atoms with Crippen LogP contribution in [-0.2, 0) is 21.1 Å². The fraction of sp³-hybridized carbons (Fsp3) is 0.708. The minimum Gasteiger partial charge on any atom is -0.455 e. The summed E-state index contributed by atoms with van der Waals surface area (Å²) >= 11 is 10.9. The van der Waals surface area contributed by atoms with Crippen LogP contribution in [0.5, 0.6) is 0 Å². The molecule has 2 aliphatic rings. The number of hydrogen-bond acceptors (Lipinski definition) is 12. The van der Waals surface area contributed by atoms with Crippen LogP contribution >= 0.6 is 70.6 Å². The van der Waals surface area contributed by atoms with Gasteiger partial charge in [-0.15, -0.1) is 70.6 Å². The molecule has 0 bridgehead atoms. The van der Waals surface area contributed by atoms with Gasteiger partial charge in [0.15, 0.2) is 5.44 Å². The SMILES string of the molecule is CC(O)C(OOCc1cccc(C(=O)OC(C)C(O)SCCC2SCCS2)c1)SCCC1SCCS1. The minimum atomic E-state index is -0.758. The highest BCUT2D eigenvalue weighted by Crippen LogP contribution is 2.36. The monoisotopic (exact) mass is 612 g/mol. The smallest absolute Gasteiger partial charge is 0.338 e. The van der Waals surface area contributed by atoms with Crippen LogP contribution in [0, 0.1) is 0 Å².